The van der Waals surface area contributed by atoms with Crippen LogP contribution in [0.3, 0.4) is 0 Å². The highest BCUT2D eigenvalue weighted by atomic mass is 35.5. The Bertz CT molecular complexity index is 234. The van der Waals surface area contributed by atoms with Gasteiger partial charge in [0.05, 0.1) is 24.1 Å². The molecule has 0 fully saturated rings. The molecule has 0 aromatic heterocycles. The van der Waals surface area contributed by atoms with Crippen molar-refractivity contribution in [1.82, 2.24) is 0 Å². The first-order valence-electron chi connectivity index (χ1n) is 4.03. The molecule has 0 spiro atoms. The topological polar surface area (TPSA) is 18.5 Å². The molecule has 14 heavy (non-hydrogen) atoms. The fourth-order valence-electron chi connectivity index (χ4n) is 0.727. The zero-order chi connectivity index (χ0) is 11.0. The third-order valence-electron chi connectivity index (χ3n) is 1.42. The van der Waals surface area contributed by atoms with Crippen LogP contribution in [-0.4, -0.2) is 26.2 Å². The largest absolute Gasteiger partial charge is 0.495 e. The highest BCUT2D eigenvalue weighted by Gasteiger charge is 2.03. The summed E-state index contributed by atoms with van der Waals surface area (Å²) < 4.78 is 9.91. The Morgan fingerprint density at radius 2 is 2.14 bits per heavy atom. The van der Waals surface area contributed by atoms with Crippen molar-refractivity contribution in [3.63, 3.8) is 0 Å². The molecule has 1 unspecified atom stereocenters. The van der Waals surface area contributed by atoms with Crippen LogP contribution < -0.4 is 0 Å². The van der Waals surface area contributed by atoms with E-state index >= 15 is 0 Å². The predicted molar refractivity (Wildman–Crippen MR) is 60.7 cm³/mol. The van der Waals surface area contributed by atoms with E-state index in [1.165, 1.54) is 7.11 Å². The standard InChI is InChI=1S/C10H14Cl2O2/c1-4-8(11)7-9(12)10(14-3)5-6-13-2/h4-5,7-8H,1,6H2,2-3H3/b9-7+,10-5+. The van der Waals surface area contributed by atoms with Crippen LogP contribution >= 0.6 is 23.2 Å². The first-order chi connectivity index (χ1) is 6.65. The third-order valence-corrected chi connectivity index (χ3v) is 2.04. The molecule has 0 amide bonds. The molecule has 2 nitrogen and oxygen atoms in total. The Morgan fingerprint density at radius 1 is 1.50 bits per heavy atom. The van der Waals surface area contributed by atoms with Crippen LogP contribution in [0.1, 0.15) is 0 Å². The lowest BCUT2D eigenvalue weighted by Crippen LogP contribution is -1.94. The molecule has 0 saturated heterocycles. The van der Waals surface area contributed by atoms with Gasteiger partial charge in [0.2, 0.25) is 0 Å². The molecule has 0 aliphatic heterocycles. The highest BCUT2D eigenvalue weighted by molar-refractivity contribution is 6.33. The summed E-state index contributed by atoms with van der Waals surface area (Å²) in [7, 11) is 3.13. The molecule has 0 radical (unpaired) electrons. The van der Waals surface area contributed by atoms with Crippen molar-refractivity contribution in [3.8, 4) is 0 Å². The number of rotatable bonds is 6. The van der Waals surface area contributed by atoms with Gasteiger partial charge in [-0.3, -0.25) is 0 Å². The van der Waals surface area contributed by atoms with Gasteiger partial charge in [-0.25, -0.2) is 0 Å². The van der Waals surface area contributed by atoms with E-state index in [1.54, 1.807) is 25.3 Å². The van der Waals surface area contributed by atoms with E-state index in [1.807, 2.05) is 0 Å². The van der Waals surface area contributed by atoms with E-state index < -0.39 is 0 Å². The van der Waals surface area contributed by atoms with E-state index in [0.717, 1.165) is 0 Å². The predicted octanol–water partition coefficient (Wildman–Crippen LogP) is 3.08. The van der Waals surface area contributed by atoms with Crippen molar-refractivity contribution in [3.05, 3.63) is 35.6 Å². The molecule has 0 aromatic carbocycles. The van der Waals surface area contributed by atoms with Gasteiger partial charge in [-0.1, -0.05) is 17.7 Å². The lowest BCUT2D eigenvalue weighted by Gasteiger charge is -2.05. The van der Waals surface area contributed by atoms with E-state index in [0.29, 0.717) is 17.4 Å². The van der Waals surface area contributed by atoms with Crippen LogP contribution in [0.25, 0.3) is 0 Å². The van der Waals surface area contributed by atoms with Crippen LogP contribution in [0.5, 0.6) is 0 Å². The van der Waals surface area contributed by atoms with E-state index in [4.69, 9.17) is 32.7 Å². The number of methoxy groups -OCH3 is 2. The lowest BCUT2D eigenvalue weighted by atomic mass is 10.3. The summed E-state index contributed by atoms with van der Waals surface area (Å²) in [4.78, 5) is 0. The van der Waals surface area contributed by atoms with Gasteiger partial charge in [0.1, 0.15) is 5.76 Å². The summed E-state index contributed by atoms with van der Waals surface area (Å²) in [5.41, 5.74) is 0. The quantitative estimate of drug-likeness (QED) is 0.306. The number of allylic oxidation sites excluding steroid dienone is 3. The van der Waals surface area contributed by atoms with Gasteiger partial charge in [-0.15, -0.1) is 18.2 Å². The van der Waals surface area contributed by atoms with E-state index in [-0.39, 0.29) is 5.38 Å². The number of hydrogen-bond acceptors (Lipinski definition) is 2. The van der Waals surface area contributed by atoms with Crippen LogP contribution in [0.4, 0.5) is 0 Å². The number of halogens is 2. The van der Waals surface area contributed by atoms with Crippen LogP contribution in [0.15, 0.2) is 35.6 Å². The molecule has 0 aliphatic rings. The van der Waals surface area contributed by atoms with Crippen molar-refractivity contribution in [2.24, 2.45) is 0 Å². The molecule has 0 aliphatic carbocycles. The van der Waals surface area contributed by atoms with Crippen molar-refractivity contribution in [2.45, 2.75) is 5.38 Å². The molecular weight excluding hydrogens is 223 g/mol. The fraction of sp³-hybridized carbons (Fsp3) is 0.400. The molecule has 0 heterocycles. The maximum atomic E-state index is 5.94. The summed E-state index contributed by atoms with van der Waals surface area (Å²) in [6.07, 6.45) is 4.94. The Hall–Kier alpha value is -0.440. The Morgan fingerprint density at radius 3 is 2.57 bits per heavy atom. The molecule has 80 valence electrons. The van der Waals surface area contributed by atoms with Crippen LogP contribution in [-0.2, 0) is 9.47 Å². The minimum atomic E-state index is -0.302. The molecule has 0 bridgehead atoms. The van der Waals surface area contributed by atoms with Crippen molar-refractivity contribution in [1.29, 1.82) is 0 Å². The number of hydrogen-bond donors (Lipinski definition) is 0. The molecule has 1 atom stereocenters. The molecule has 0 saturated carbocycles. The third kappa shape index (κ3) is 5.32. The van der Waals surface area contributed by atoms with Gasteiger partial charge in [-0.05, 0) is 12.2 Å². The highest BCUT2D eigenvalue weighted by Crippen LogP contribution is 2.17. The Kier molecular flexibility index (Phi) is 7.67. The molecule has 0 N–H and O–H groups in total. The first-order valence-corrected chi connectivity index (χ1v) is 4.84. The second-order valence-electron chi connectivity index (χ2n) is 2.42. The first kappa shape index (κ1) is 13.6. The summed E-state index contributed by atoms with van der Waals surface area (Å²) >= 11 is 11.7. The van der Waals surface area contributed by atoms with Gasteiger partial charge >= 0.3 is 0 Å². The average Bonchev–Trinajstić information content (AvgIpc) is 2.18. The van der Waals surface area contributed by atoms with Crippen molar-refractivity contribution < 1.29 is 9.47 Å². The monoisotopic (exact) mass is 236 g/mol. The normalized spacial score (nSPS) is 15.1. The fourth-order valence-corrected chi connectivity index (χ4v) is 1.21. The lowest BCUT2D eigenvalue weighted by molar-refractivity contribution is 0.225. The van der Waals surface area contributed by atoms with Gasteiger partial charge in [-0.2, -0.15) is 0 Å². The molecule has 0 aromatic rings. The summed E-state index contributed by atoms with van der Waals surface area (Å²) in [5.74, 6) is 0.543. The van der Waals surface area contributed by atoms with Gasteiger partial charge < -0.3 is 9.47 Å². The summed E-state index contributed by atoms with van der Waals surface area (Å²) in [6.45, 7) is 3.98. The second kappa shape index (κ2) is 7.92. The number of ether oxygens (including phenoxy) is 2. The minimum Gasteiger partial charge on any atom is -0.495 e. The molecule has 4 heteroatoms. The average molecular weight is 237 g/mol. The van der Waals surface area contributed by atoms with Crippen molar-refractivity contribution in [2.75, 3.05) is 20.8 Å². The maximum Gasteiger partial charge on any atom is 0.135 e. The number of alkyl halides is 1. The van der Waals surface area contributed by atoms with Gasteiger partial charge in [0, 0.05) is 7.11 Å². The van der Waals surface area contributed by atoms with E-state index in [2.05, 4.69) is 6.58 Å². The van der Waals surface area contributed by atoms with Gasteiger partial charge in [0.15, 0.2) is 0 Å². The van der Waals surface area contributed by atoms with Crippen LogP contribution in [0.2, 0.25) is 0 Å². The smallest absolute Gasteiger partial charge is 0.135 e. The van der Waals surface area contributed by atoms with Crippen LogP contribution in [0, 0.1) is 0 Å². The molecule has 0 rings (SSSR count). The van der Waals surface area contributed by atoms with E-state index in [9.17, 15) is 0 Å². The Balaban J connectivity index is 4.51. The van der Waals surface area contributed by atoms with Gasteiger partial charge in [0.25, 0.3) is 0 Å². The maximum absolute atomic E-state index is 5.94. The molecular formula is C10H14Cl2O2. The Labute approximate surface area is 94.8 Å². The van der Waals surface area contributed by atoms with Crippen molar-refractivity contribution >= 4 is 23.2 Å². The SMILES string of the molecule is C=CC(Cl)/C=C(Cl)\C(=C/COC)OC. The zero-order valence-electron chi connectivity index (χ0n) is 8.30. The summed E-state index contributed by atoms with van der Waals surface area (Å²) in [6, 6.07) is 0. The minimum absolute atomic E-state index is 0.302. The second-order valence-corrected chi connectivity index (χ2v) is 3.33. The summed E-state index contributed by atoms with van der Waals surface area (Å²) in [5, 5.41) is 0.146. The zero-order valence-corrected chi connectivity index (χ0v) is 9.81.